The van der Waals surface area contributed by atoms with Crippen molar-refractivity contribution in [3.05, 3.63) is 58.9 Å². The highest BCUT2D eigenvalue weighted by Crippen LogP contribution is 2.40. The summed E-state index contributed by atoms with van der Waals surface area (Å²) in [5.74, 6) is -0.0285. The quantitative estimate of drug-likeness (QED) is 0.768. The second-order valence-electron chi connectivity index (χ2n) is 9.40. The lowest BCUT2D eigenvalue weighted by Gasteiger charge is -2.32. The fraction of sp³-hybridized carbons (Fsp3) is 0.435. The number of aromatic nitrogens is 1. The zero-order valence-corrected chi connectivity index (χ0v) is 19.2. The summed E-state index contributed by atoms with van der Waals surface area (Å²) < 4.78 is 12.5. The molecule has 1 fully saturated rings. The van der Waals surface area contributed by atoms with Crippen LogP contribution >= 0.6 is 0 Å². The number of amides is 1. The van der Waals surface area contributed by atoms with Crippen LogP contribution in [0.25, 0.3) is 0 Å². The van der Waals surface area contributed by atoms with Gasteiger partial charge in [-0.25, -0.2) is 4.99 Å². The van der Waals surface area contributed by atoms with Gasteiger partial charge in [0, 0.05) is 18.4 Å². The van der Waals surface area contributed by atoms with Crippen LogP contribution < -0.4 is 11.2 Å². The molecule has 0 spiro atoms. The number of rotatable bonds is 3. The van der Waals surface area contributed by atoms with Gasteiger partial charge in [-0.3, -0.25) is 14.7 Å². The van der Waals surface area contributed by atoms with Gasteiger partial charge in [0.15, 0.2) is 11.5 Å². The Morgan fingerprint density at radius 3 is 2.06 bits per heavy atom. The number of carbonyl (C=O) groups is 1. The van der Waals surface area contributed by atoms with E-state index in [9.17, 15) is 4.79 Å². The molecule has 8 heteroatoms. The number of benzene rings is 1. The molecule has 7 nitrogen and oxygen atoms in total. The standard InChI is InChI=1S/C23H29BN4O3/c1-14-11-17(12-15(2)26-14)23(19(29)28(7)20(25)27-23)16-9-8-10-18(13-16)24-30-21(3,4)22(5,6)31-24/h8-13H,1-7H3,(H2,25,27). The van der Waals surface area contributed by atoms with Crippen molar-refractivity contribution in [2.45, 2.75) is 58.3 Å². The number of pyridine rings is 1. The molecule has 2 aliphatic rings. The molecule has 1 aromatic heterocycles. The van der Waals surface area contributed by atoms with Crippen molar-refractivity contribution < 1.29 is 14.1 Å². The highest BCUT2D eigenvalue weighted by atomic mass is 16.7. The maximum Gasteiger partial charge on any atom is 0.494 e. The van der Waals surface area contributed by atoms with Crippen molar-refractivity contribution in [2.24, 2.45) is 10.7 Å². The molecule has 1 amide bonds. The monoisotopic (exact) mass is 420 g/mol. The Labute approximate surface area is 183 Å². The number of aryl methyl sites for hydroxylation is 2. The van der Waals surface area contributed by atoms with Gasteiger partial charge in [-0.05, 0) is 70.3 Å². The predicted octanol–water partition coefficient (Wildman–Crippen LogP) is 2.03. The second-order valence-corrected chi connectivity index (χ2v) is 9.40. The van der Waals surface area contributed by atoms with Gasteiger partial charge in [0.25, 0.3) is 5.91 Å². The molecule has 0 aliphatic carbocycles. The predicted molar refractivity (Wildman–Crippen MR) is 121 cm³/mol. The van der Waals surface area contributed by atoms with E-state index in [1.807, 2.05) is 77.9 Å². The number of nitrogens with two attached hydrogens (primary N) is 1. The number of carbonyl (C=O) groups excluding carboxylic acids is 1. The van der Waals surface area contributed by atoms with Gasteiger partial charge < -0.3 is 15.0 Å². The van der Waals surface area contributed by atoms with Crippen LogP contribution in [0.2, 0.25) is 0 Å². The van der Waals surface area contributed by atoms with Crippen LogP contribution in [0.3, 0.4) is 0 Å². The molecular formula is C23H29BN4O3. The smallest absolute Gasteiger partial charge is 0.399 e. The lowest BCUT2D eigenvalue weighted by atomic mass is 9.74. The molecule has 1 atom stereocenters. The average Bonchev–Trinajstić information content (AvgIpc) is 3.05. The average molecular weight is 420 g/mol. The first-order valence-electron chi connectivity index (χ1n) is 10.4. The molecule has 0 saturated carbocycles. The van der Waals surface area contributed by atoms with Gasteiger partial charge in [-0.2, -0.15) is 0 Å². The number of likely N-dealkylation sites (N-methyl/N-ethyl adjacent to an activating group) is 1. The summed E-state index contributed by atoms with van der Waals surface area (Å²) in [6, 6.07) is 11.5. The highest BCUT2D eigenvalue weighted by Gasteiger charge is 2.53. The molecule has 31 heavy (non-hydrogen) atoms. The van der Waals surface area contributed by atoms with Crippen LogP contribution in [-0.4, -0.2) is 47.1 Å². The first kappa shape index (κ1) is 21.5. The number of aliphatic imine (C=N–C) groups is 1. The Kier molecular flexibility index (Phi) is 4.79. The minimum Gasteiger partial charge on any atom is -0.399 e. The van der Waals surface area contributed by atoms with Crippen LogP contribution in [0, 0.1) is 13.8 Å². The van der Waals surface area contributed by atoms with Crippen LogP contribution in [0.15, 0.2) is 41.4 Å². The Morgan fingerprint density at radius 1 is 0.968 bits per heavy atom. The van der Waals surface area contributed by atoms with E-state index in [1.165, 1.54) is 4.90 Å². The first-order chi connectivity index (χ1) is 14.4. The summed E-state index contributed by atoms with van der Waals surface area (Å²) in [7, 11) is 1.10. The summed E-state index contributed by atoms with van der Waals surface area (Å²) in [5, 5.41) is 0. The van der Waals surface area contributed by atoms with Gasteiger partial charge in [-0.1, -0.05) is 24.3 Å². The van der Waals surface area contributed by atoms with Crippen LogP contribution in [0.4, 0.5) is 0 Å². The number of hydrogen-bond donors (Lipinski definition) is 1. The van der Waals surface area contributed by atoms with Gasteiger partial charge >= 0.3 is 7.12 Å². The largest absolute Gasteiger partial charge is 0.494 e. The Balaban J connectivity index is 1.87. The van der Waals surface area contributed by atoms with Gasteiger partial charge in [0.2, 0.25) is 0 Å². The van der Waals surface area contributed by atoms with Gasteiger partial charge in [0.05, 0.1) is 11.2 Å². The minimum atomic E-state index is -1.28. The van der Waals surface area contributed by atoms with E-state index < -0.39 is 23.9 Å². The molecule has 2 aromatic rings. The SMILES string of the molecule is Cc1cc(C2(c3cccc(B4OC(C)(C)C(C)(C)O4)c3)N=C(N)N(C)C2=O)cc(C)n1. The maximum absolute atomic E-state index is 13.5. The third-order valence-electron chi connectivity index (χ3n) is 6.57. The molecule has 162 valence electrons. The lowest BCUT2D eigenvalue weighted by molar-refractivity contribution is -0.129. The van der Waals surface area contributed by atoms with Gasteiger partial charge in [-0.15, -0.1) is 0 Å². The molecule has 2 aliphatic heterocycles. The lowest BCUT2D eigenvalue weighted by Crippen LogP contribution is -2.42. The zero-order chi connectivity index (χ0) is 22.8. The highest BCUT2D eigenvalue weighted by molar-refractivity contribution is 6.62. The summed E-state index contributed by atoms with van der Waals surface area (Å²) in [5.41, 5.74) is 7.81. The Hall–Kier alpha value is -2.71. The Bertz CT molecular complexity index is 1060. The normalized spacial score (nSPS) is 24.6. The fourth-order valence-corrected chi connectivity index (χ4v) is 4.12. The van der Waals surface area contributed by atoms with E-state index in [-0.39, 0.29) is 11.9 Å². The molecule has 1 unspecified atom stereocenters. The minimum absolute atomic E-state index is 0.179. The van der Waals surface area contributed by atoms with Crippen molar-refractivity contribution in [1.82, 2.24) is 9.88 Å². The van der Waals surface area contributed by atoms with Crippen molar-refractivity contribution in [2.75, 3.05) is 7.05 Å². The topological polar surface area (TPSA) is 90.0 Å². The van der Waals surface area contributed by atoms with Crippen LogP contribution in [0.5, 0.6) is 0 Å². The fourth-order valence-electron chi connectivity index (χ4n) is 4.12. The van der Waals surface area contributed by atoms with Gasteiger partial charge in [0.1, 0.15) is 0 Å². The van der Waals surface area contributed by atoms with Crippen LogP contribution in [-0.2, 0) is 19.6 Å². The number of nitrogens with zero attached hydrogens (tertiary/aromatic N) is 3. The summed E-state index contributed by atoms with van der Waals surface area (Å²) >= 11 is 0. The van der Waals surface area contributed by atoms with E-state index in [2.05, 4.69) is 4.98 Å². The first-order valence-corrected chi connectivity index (χ1v) is 10.4. The maximum atomic E-state index is 13.5. The summed E-state index contributed by atoms with van der Waals surface area (Å²) in [6.07, 6.45) is 0. The summed E-state index contributed by atoms with van der Waals surface area (Å²) in [4.78, 5) is 24.1. The molecule has 4 rings (SSSR count). The van der Waals surface area contributed by atoms with Crippen molar-refractivity contribution in [1.29, 1.82) is 0 Å². The summed E-state index contributed by atoms with van der Waals surface area (Å²) in [6.45, 7) is 11.9. The van der Waals surface area contributed by atoms with E-state index in [0.717, 1.165) is 22.4 Å². The molecule has 1 saturated heterocycles. The van der Waals surface area contributed by atoms with E-state index in [1.54, 1.807) is 7.05 Å². The molecule has 0 bridgehead atoms. The van der Waals surface area contributed by atoms with Crippen molar-refractivity contribution in [3.63, 3.8) is 0 Å². The Morgan fingerprint density at radius 2 is 1.55 bits per heavy atom. The zero-order valence-electron chi connectivity index (χ0n) is 19.2. The second kappa shape index (κ2) is 6.90. The van der Waals surface area contributed by atoms with E-state index in [0.29, 0.717) is 5.56 Å². The van der Waals surface area contributed by atoms with Crippen molar-refractivity contribution in [3.8, 4) is 0 Å². The number of hydrogen-bond acceptors (Lipinski definition) is 6. The van der Waals surface area contributed by atoms with Crippen LogP contribution in [0.1, 0.15) is 50.2 Å². The molecule has 2 N–H and O–H groups in total. The number of guanidine groups is 1. The molecular weight excluding hydrogens is 391 g/mol. The van der Waals surface area contributed by atoms with E-state index >= 15 is 0 Å². The van der Waals surface area contributed by atoms with E-state index in [4.69, 9.17) is 20.0 Å². The molecule has 1 aromatic carbocycles. The van der Waals surface area contributed by atoms with Crippen molar-refractivity contribution >= 4 is 24.4 Å². The third-order valence-corrected chi connectivity index (χ3v) is 6.57. The molecule has 0 radical (unpaired) electrons. The third kappa shape index (κ3) is 3.25. The molecule has 3 heterocycles.